The molecular formula is C19H14N6O2. The van der Waals surface area contributed by atoms with Crippen LogP contribution >= 0.6 is 0 Å². The van der Waals surface area contributed by atoms with Gasteiger partial charge in [-0.2, -0.15) is 10.1 Å². The van der Waals surface area contributed by atoms with Crippen LogP contribution < -0.4 is 5.56 Å². The number of hydrogen-bond acceptors (Lipinski definition) is 6. The van der Waals surface area contributed by atoms with Gasteiger partial charge < -0.3 is 8.92 Å². The molecule has 1 aromatic carbocycles. The predicted molar refractivity (Wildman–Crippen MR) is 98.3 cm³/mol. The number of rotatable bonds is 3. The molecule has 0 saturated carbocycles. The molecule has 5 rings (SSSR count). The lowest BCUT2D eigenvalue weighted by molar-refractivity contribution is 0.363. The maximum absolute atomic E-state index is 12.7. The van der Waals surface area contributed by atoms with E-state index in [1.54, 1.807) is 6.07 Å². The lowest BCUT2D eigenvalue weighted by atomic mass is 10.1. The molecule has 0 N–H and O–H groups in total. The minimum atomic E-state index is -0.191. The first kappa shape index (κ1) is 15.4. The number of aromatic nitrogens is 6. The summed E-state index contributed by atoms with van der Waals surface area (Å²) >= 11 is 0. The number of pyridine rings is 1. The first-order valence-electron chi connectivity index (χ1n) is 8.42. The second-order valence-corrected chi connectivity index (χ2v) is 6.20. The van der Waals surface area contributed by atoms with Crippen molar-refractivity contribution in [1.82, 2.24) is 29.3 Å². The van der Waals surface area contributed by atoms with Crippen molar-refractivity contribution in [3.8, 4) is 11.5 Å². The highest BCUT2D eigenvalue weighted by molar-refractivity contribution is 5.83. The molecule has 132 valence electrons. The molecular weight excluding hydrogens is 344 g/mol. The lowest BCUT2D eigenvalue weighted by Gasteiger charge is -2.06. The summed E-state index contributed by atoms with van der Waals surface area (Å²) in [6, 6.07) is 13.1. The fraction of sp³-hybridized carbons (Fsp3) is 0.105. The Labute approximate surface area is 152 Å². The molecule has 0 bridgehead atoms. The van der Waals surface area contributed by atoms with Crippen molar-refractivity contribution in [1.29, 1.82) is 0 Å². The summed E-state index contributed by atoms with van der Waals surface area (Å²) in [5.41, 5.74) is 1.97. The van der Waals surface area contributed by atoms with Crippen LogP contribution in [-0.4, -0.2) is 29.3 Å². The predicted octanol–water partition coefficient (Wildman–Crippen LogP) is 2.45. The normalized spacial score (nSPS) is 11.4. The molecule has 0 fully saturated rings. The summed E-state index contributed by atoms with van der Waals surface area (Å²) in [5, 5.41) is 9.81. The molecule has 0 unspecified atom stereocenters. The second-order valence-electron chi connectivity index (χ2n) is 6.20. The zero-order valence-electron chi connectivity index (χ0n) is 14.4. The number of nitrogens with zero attached hydrogens (tertiary/aromatic N) is 6. The van der Waals surface area contributed by atoms with Crippen molar-refractivity contribution in [2.45, 2.75) is 13.5 Å². The molecule has 4 aromatic heterocycles. The van der Waals surface area contributed by atoms with Crippen molar-refractivity contribution >= 4 is 16.4 Å². The van der Waals surface area contributed by atoms with Crippen LogP contribution in [0.3, 0.4) is 0 Å². The van der Waals surface area contributed by atoms with Crippen LogP contribution in [0.4, 0.5) is 0 Å². The van der Waals surface area contributed by atoms with Crippen molar-refractivity contribution < 1.29 is 4.52 Å². The maximum atomic E-state index is 12.7. The van der Waals surface area contributed by atoms with Crippen LogP contribution in [0.1, 0.15) is 11.6 Å². The summed E-state index contributed by atoms with van der Waals surface area (Å²) in [6.07, 6.45) is 3.72. The zero-order chi connectivity index (χ0) is 18.4. The fourth-order valence-corrected chi connectivity index (χ4v) is 3.11. The van der Waals surface area contributed by atoms with E-state index in [0.29, 0.717) is 22.8 Å². The van der Waals surface area contributed by atoms with Crippen LogP contribution in [0.2, 0.25) is 0 Å². The van der Waals surface area contributed by atoms with E-state index in [9.17, 15) is 4.79 Å². The minimum absolute atomic E-state index is 0.102. The van der Waals surface area contributed by atoms with E-state index in [1.165, 1.54) is 4.68 Å². The topological polar surface area (TPSA) is 91.1 Å². The van der Waals surface area contributed by atoms with Gasteiger partial charge >= 0.3 is 0 Å². The molecule has 4 heterocycles. The van der Waals surface area contributed by atoms with Gasteiger partial charge in [0.2, 0.25) is 11.7 Å². The fourth-order valence-electron chi connectivity index (χ4n) is 3.11. The summed E-state index contributed by atoms with van der Waals surface area (Å²) in [4.78, 5) is 21.5. The van der Waals surface area contributed by atoms with E-state index in [-0.39, 0.29) is 12.1 Å². The molecule has 5 aromatic rings. The molecule has 0 atom stereocenters. The molecule has 27 heavy (non-hydrogen) atoms. The first-order chi connectivity index (χ1) is 13.2. The van der Waals surface area contributed by atoms with Crippen molar-refractivity contribution in [2.24, 2.45) is 0 Å². The standard InChI is InChI=1S/C19H14N6O2/c1-12-13-6-2-3-7-14(13)19(26)25(22-12)11-17-21-18(23-27-17)15-10-24-9-5-4-8-16(24)20-15/h2-10H,11H2,1H3. The van der Waals surface area contributed by atoms with Crippen molar-refractivity contribution in [3.63, 3.8) is 0 Å². The van der Waals surface area contributed by atoms with Crippen molar-refractivity contribution in [2.75, 3.05) is 0 Å². The van der Waals surface area contributed by atoms with Gasteiger partial charge in [0.05, 0.1) is 11.1 Å². The van der Waals surface area contributed by atoms with Crippen LogP contribution in [0.25, 0.3) is 27.9 Å². The average molecular weight is 358 g/mol. The Hall–Kier alpha value is -3.81. The molecule has 0 aliphatic heterocycles. The van der Waals surface area contributed by atoms with E-state index >= 15 is 0 Å². The number of imidazole rings is 1. The zero-order valence-corrected chi connectivity index (χ0v) is 14.4. The molecule has 0 saturated heterocycles. The van der Waals surface area contributed by atoms with Crippen LogP contribution in [0.5, 0.6) is 0 Å². The SMILES string of the molecule is Cc1nn(Cc2nc(-c3cn4ccccc4n3)no2)c(=O)c2ccccc12. The van der Waals surface area contributed by atoms with Crippen LogP contribution in [-0.2, 0) is 6.54 Å². The third-order valence-corrected chi connectivity index (χ3v) is 4.40. The molecule has 0 amide bonds. The van der Waals surface area contributed by atoms with Gasteiger partial charge in [0.1, 0.15) is 17.9 Å². The minimum Gasteiger partial charge on any atom is -0.337 e. The van der Waals surface area contributed by atoms with Crippen LogP contribution in [0, 0.1) is 6.92 Å². The summed E-state index contributed by atoms with van der Waals surface area (Å²) in [6.45, 7) is 1.97. The Morgan fingerprint density at radius 1 is 1.04 bits per heavy atom. The van der Waals surface area contributed by atoms with Gasteiger partial charge in [-0.3, -0.25) is 4.79 Å². The second kappa shape index (κ2) is 5.87. The highest BCUT2D eigenvalue weighted by Gasteiger charge is 2.15. The Morgan fingerprint density at radius 3 is 2.70 bits per heavy atom. The molecule has 0 aliphatic rings. The van der Waals surface area contributed by atoms with Gasteiger partial charge in [-0.1, -0.05) is 29.4 Å². The molecule has 0 aliphatic carbocycles. The van der Waals surface area contributed by atoms with Crippen molar-refractivity contribution in [3.05, 3.63) is 76.8 Å². The van der Waals surface area contributed by atoms with E-state index < -0.39 is 0 Å². The van der Waals surface area contributed by atoms with Gasteiger partial charge in [-0.05, 0) is 25.1 Å². The maximum Gasteiger partial charge on any atom is 0.275 e. The van der Waals surface area contributed by atoms with Gasteiger partial charge in [-0.15, -0.1) is 0 Å². The largest absolute Gasteiger partial charge is 0.337 e. The van der Waals surface area contributed by atoms with Gasteiger partial charge in [0.25, 0.3) is 5.56 Å². The van der Waals surface area contributed by atoms with E-state index in [4.69, 9.17) is 4.52 Å². The van der Waals surface area contributed by atoms with Crippen LogP contribution in [0.15, 0.2) is 64.2 Å². The lowest BCUT2D eigenvalue weighted by Crippen LogP contribution is -2.24. The third-order valence-electron chi connectivity index (χ3n) is 4.40. The molecule has 0 spiro atoms. The Morgan fingerprint density at radius 2 is 1.85 bits per heavy atom. The monoisotopic (exact) mass is 358 g/mol. The third kappa shape index (κ3) is 2.58. The summed E-state index contributed by atoms with van der Waals surface area (Å²) < 4.78 is 8.54. The van der Waals surface area contributed by atoms with Gasteiger partial charge in [0.15, 0.2) is 0 Å². The Balaban J connectivity index is 1.51. The highest BCUT2D eigenvalue weighted by atomic mass is 16.5. The molecule has 0 radical (unpaired) electrons. The quantitative estimate of drug-likeness (QED) is 0.492. The first-order valence-corrected chi connectivity index (χ1v) is 8.42. The molecule has 8 heteroatoms. The number of aryl methyl sites for hydroxylation is 1. The average Bonchev–Trinajstić information content (AvgIpc) is 3.32. The Bertz CT molecular complexity index is 1310. The van der Waals surface area contributed by atoms with Gasteiger partial charge in [0, 0.05) is 17.8 Å². The summed E-state index contributed by atoms with van der Waals surface area (Å²) in [5.74, 6) is 0.672. The number of fused-ring (bicyclic) bond motifs is 2. The smallest absolute Gasteiger partial charge is 0.275 e. The highest BCUT2D eigenvalue weighted by Crippen LogP contribution is 2.17. The van der Waals surface area contributed by atoms with E-state index in [2.05, 4.69) is 20.2 Å². The van der Waals surface area contributed by atoms with E-state index in [1.807, 2.05) is 60.1 Å². The number of hydrogen-bond donors (Lipinski definition) is 0. The Kier molecular flexibility index (Phi) is 3.36. The number of benzene rings is 1. The van der Waals surface area contributed by atoms with Gasteiger partial charge in [-0.25, -0.2) is 9.67 Å². The van der Waals surface area contributed by atoms with E-state index in [0.717, 1.165) is 16.7 Å². The summed E-state index contributed by atoms with van der Waals surface area (Å²) in [7, 11) is 0. The molecule has 8 nitrogen and oxygen atoms in total.